The minimum Gasteiger partial charge on any atom is -0.497 e. The SMILES string of the molecule is CCOC(=O)[C@@]12C(=O)[C@@H](C[C@H]1c1ccccc1)C(=O)C(C)=C2/C=C/c1ccc(OC)cc1. The van der Waals surface area contributed by atoms with Crippen molar-refractivity contribution in [3.05, 3.63) is 82.9 Å². The van der Waals surface area contributed by atoms with Crippen LogP contribution in [0.15, 0.2) is 71.8 Å². The second-order valence-corrected chi connectivity index (χ2v) is 8.15. The van der Waals surface area contributed by atoms with Crippen LogP contribution in [0.2, 0.25) is 0 Å². The van der Waals surface area contributed by atoms with Gasteiger partial charge < -0.3 is 9.47 Å². The maximum Gasteiger partial charge on any atom is 0.324 e. The first kappa shape index (κ1) is 21.8. The van der Waals surface area contributed by atoms with E-state index in [1.165, 1.54) is 0 Å². The van der Waals surface area contributed by atoms with Crippen LogP contribution < -0.4 is 4.74 Å². The van der Waals surface area contributed by atoms with E-state index in [4.69, 9.17) is 9.47 Å². The minimum absolute atomic E-state index is 0.155. The van der Waals surface area contributed by atoms with Gasteiger partial charge in [-0.2, -0.15) is 0 Å². The lowest BCUT2D eigenvalue weighted by Gasteiger charge is -2.36. The van der Waals surface area contributed by atoms with Crippen molar-refractivity contribution in [3.8, 4) is 5.75 Å². The first-order valence-electron chi connectivity index (χ1n) is 10.8. The molecule has 5 heteroatoms. The third kappa shape index (κ3) is 3.29. The number of esters is 1. The normalized spacial score (nSPS) is 24.8. The number of ketones is 2. The average Bonchev–Trinajstić information content (AvgIpc) is 3.08. The maximum absolute atomic E-state index is 13.7. The summed E-state index contributed by atoms with van der Waals surface area (Å²) in [5.41, 5.74) is 1.08. The fourth-order valence-electron chi connectivity index (χ4n) is 5.02. The molecule has 0 heterocycles. The zero-order valence-electron chi connectivity index (χ0n) is 18.5. The van der Waals surface area contributed by atoms with Crippen LogP contribution >= 0.6 is 0 Å². The Morgan fingerprint density at radius 3 is 2.38 bits per heavy atom. The van der Waals surface area contributed by atoms with Gasteiger partial charge in [-0.15, -0.1) is 0 Å². The Labute approximate surface area is 187 Å². The number of carbonyl (C=O) groups is 3. The third-order valence-electron chi connectivity index (χ3n) is 6.57. The molecule has 0 spiro atoms. The van der Waals surface area contributed by atoms with Gasteiger partial charge in [-0.1, -0.05) is 54.6 Å². The number of carbonyl (C=O) groups excluding carboxylic acids is 3. The van der Waals surface area contributed by atoms with Crippen LogP contribution in [0.1, 0.15) is 37.3 Å². The van der Waals surface area contributed by atoms with Crippen molar-refractivity contribution in [2.45, 2.75) is 26.2 Å². The van der Waals surface area contributed by atoms with Crippen LogP contribution in [-0.2, 0) is 19.1 Å². The number of fused-ring (bicyclic) bond motifs is 2. The van der Waals surface area contributed by atoms with Crippen molar-refractivity contribution in [3.63, 3.8) is 0 Å². The van der Waals surface area contributed by atoms with E-state index in [0.29, 0.717) is 17.6 Å². The summed E-state index contributed by atoms with van der Waals surface area (Å²) in [7, 11) is 1.60. The van der Waals surface area contributed by atoms with Crippen LogP contribution in [0.4, 0.5) is 0 Å². The molecule has 1 saturated carbocycles. The number of rotatable bonds is 6. The van der Waals surface area contributed by atoms with E-state index in [0.717, 1.165) is 16.9 Å². The summed E-state index contributed by atoms with van der Waals surface area (Å²) in [6, 6.07) is 16.9. The molecule has 1 fully saturated rings. The predicted octanol–water partition coefficient (Wildman–Crippen LogP) is 4.53. The van der Waals surface area contributed by atoms with Crippen LogP contribution in [0, 0.1) is 11.3 Å². The Hall–Kier alpha value is -3.47. The van der Waals surface area contributed by atoms with Crippen molar-refractivity contribution in [1.82, 2.24) is 0 Å². The van der Waals surface area contributed by atoms with Crippen LogP contribution in [-0.4, -0.2) is 31.3 Å². The van der Waals surface area contributed by atoms with E-state index in [-0.39, 0.29) is 18.2 Å². The summed E-state index contributed by atoms with van der Waals surface area (Å²) in [5, 5.41) is 0. The molecule has 0 radical (unpaired) electrons. The lowest BCUT2D eigenvalue weighted by Crippen LogP contribution is -2.47. The van der Waals surface area contributed by atoms with E-state index in [2.05, 4.69) is 0 Å². The topological polar surface area (TPSA) is 69.7 Å². The summed E-state index contributed by atoms with van der Waals surface area (Å²) in [4.78, 5) is 40.3. The molecule has 0 amide bonds. The molecule has 2 aromatic rings. The molecular weight excluding hydrogens is 404 g/mol. The second-order valence-electron chi connectivity index (χ2n) is 8.15. The summed E-state index contributed by atoms with van der Waals surface area (Å²) in [6.07, 6.45) is 3.86. The van der Waals surface area contributed by atoms with Gasteiger partial charge in [0.1, 0.15) is 5.75 Å². The zero-order valence-corrected chi connectivity index (χ0v) is 18.5. The Morgan fingerprint density at radius 2 is 1.75 bits per heavy atom. The lowest BCUT2D eigenvalue weighted by molar-refractivity contribution is -0.157. The largest absolute Gasteiger partial charge is 0.497 e. The molecule has 5 nitrogen and oxygen atoms in total. The second kappa shape index (κ2) is 8.58. The van der Waals surface area contributed by atoms with Gasteiger partial charge in [0.25, 0.3) is 0 Å². The summed E-state index contributed by atoms with van der Waals surface area (Å²) in [5.74, 6) is -1.69. The highest BCUT2D eigenvalue weighted by Gasteiger charge is 2.67. The van der Waals surface area contributed by atoms with Gasteiger partial charge in [-0.3, -0.25) is 14.4 Å². The third-order valence-corrected chi connectivity index (χ3v) is 6.57. The number of hydrogen-bond acceptors (Lipinski definition) is 5. The number of allylic oxidation sites excluding steroid dienone is 2. The Bertz CT molecular complexity index is 1110. The van der Waals surface area contributed by atoms with Gasteiger partial charge in [-0.05, 0) is 54.7 Å². The van der Waals surface area contributed by atoms with E-state index in [9.17, 15) is 14.4 Å². The van der Waals surface area contributed by atoms with Gasteiger partial charge >= 0.3 is 5.97 Å². The minimum atomic E-state index is -1.52. The number of methoxy groups -OCH3 is 1. The molecular formula is C27H26O5. The quantitative estimate of drug-likeness (QED) is 0.497. The Kier molecular flexibility index (Phi) is 5.83. The van der Waals surface area contributed by atoms with Gasteiger partial charge in [0.2, 0.25) is 0 Å². The summed E-state index contributed by atoms with van der Waals surface area (Å²) < 4.78 is 10.7. The van der Waals surface area contributed by atoms with Crippen molar-refractivity contribution in [2.24, 2.45) is 11.3 Å². The van der Waals surface area contributed by atoms with Crippen molar-refractivity contribution >= 4 is 23.6 Å². The molecule has 2 aromatic carbocycles. The lowest BCUT2D eigenvalue weighted by atomic mass is 9.64. The number of Topliss-reactive ketones (excluding diaryl/α,β-unsaturated/α-hetero) is 2. The molecule has 3 atom stereocenters. The van der Waals surface area contributed by atoms with Gasteiger partial charge in [0.05, 0.1) is 19.6 Å². The predicted molar refractivity (Wildman–Crippen MR) is 121 cm³/mol. The van der Waals surface area contributed by atoms with Gasteiger partial charge in [0, 0.05) is 5.92 Å². The monoisotopic (exact) mass is 430 g/mol. The van der Waals surface area contributed by atoms with Gasteiger partial charge in [-0.25, -0.2) is 0 Å². The van der Waals surface area contributed by atoms with Gasteiger partial charge in [0.15, 0.2) is 17.0 Å². The molecule has 0 unspecified atom stereocenters. The Balaban J connectivity index is 1.89. The highest BCUT2D eigenvalue weighted by atomic mass is 16.5. The molecule has 0 saturated heterocycles. The summed E-state index contributed by atoms with van der Waals surface area (Å²) in [6.45, 7) is 3.58. The van der Waals surface area contributed by atoms with E-state index < -0.39 is 23.2 Å². The smallest absolute Gasteiger partial charge is 0.324 e. The van der Waals surface area contributed by atoms with Crippen LogP contribution in [0.3, 0.4) is 0 Å². The molecule has 32 heavy (non-hydrogen) atoms. The maximum atomic E-state index is 13.7. The van der Waals surface area contributed by atoms with E-state index >= 15 is 0 Å². The Morgan fingerprint density at radius 1 is 1.06 bits per heavy atom. The van der Waals surface area contributed by atoms with Crippen molar-refractivity contribution in [2.75, 3.05) is 13.7 Å². The molecule has 4 rings (SSSR count). The molecule has 2 bridgehead atoms. The average molecular weight is 431 g/mol. The molecule has 0 aliphatic heterocycles. The van der Waals surface area contributed by atoms with Crippen LogP contribution in [0.5, 0.6) is 5.75 Å². The summed E-state index contributed by atoms with van der Waals surface area (Å²) >= 11 is 0. The molecule has 164 valence electrons. The molecule has 2 aliphatic carbocycles. The van der Waals surface area contributed by atoms with E-state index in [1.807, 2.05) is 60.7 Å². The van der Waals surface area contributed by atoms with Crippen molar-refractivity contribution < 1.29 is 23.9 Å². The molecule has 0 aromatic heterocycles. The number of ether oxygens (including phenoxy) is 2. The van der Waals surface area contributed by atoms with Crippen molar-refractivity contribution in [1.29, 1.82) is 0 Å². The standard InChI is InChI=1S/C27H26O5/c1-4-32-26(30)27-22(15-12-18-10-13-20(31-3)14-11-18)17(2)24(28)21(25(27)29)16-23(27)19-8-6-5-7-9-19/h5-15,21,23H,4,16H2,1-3H3/b15-12+/t21-,23-,27+/m0/s1. The van der Waals surface area contributed by atoms with E-state index in [1.54, 1.807) is 27.0 Å². The first-order valence-corrected chi connectivity index (χ1v) is 10.8. The number of hydrogen-bond donors (Lipinski definition) is 0. The highest BCUT2D eigenvalue weighted by molar-refractivity contribution is 6.25. The first-order chi connectivity index (χ1) is 15.4. The molecule has 2 aliphatic rings. The van der Waals surface area contributed by atoms with Crippen LogP contribution in [0.25, 0.3) is 6.08 Å². The molecule has 0 N–H and O–H groups in total. The fraction of sp³-hybridized carbons (Fsp3) is 0.296. The highest BCUT2D eigenvalue weighted by Crippen LogP contribution is 2.59. The zero-order chi connectivity index (χ0) is 22.9. The number of benzene rings is 2. The fourth-order valence-corrected chi connectivity index (χ4v) is 5.02.